The number of hydrogen-bond acceptors (Lipinski definition) is 4. The van der Waals surface area contributed by atoms with Crippen LogP contribution in [0.1, 0.15) is 19.4 Å². The molecule has 0 spiro atoms. The Balaban J connectivity index is 2.57. The summed E-state index contributed by atoms with van der Waals surface area (Å²) in [4.78, 5) is 22.9. The van der Waals surface area contributed by atoms with Crippen molar-refractivity contribution in [2.24, 2.45) is 0 Å². The van der Waals surface area contributed by atoms with Crippen LogP contribution in [0.5, 0.6) is 0 Å². The van der Waals surface area contributed by atoms with E-state index >= 15 is 0 Å². The minimum absolute atomic E-state index is 0.263. The Morgan fingerprint density at radius 3 is 2.58 bits per heavy atom. The molecule has 2 aromatic rings. The fraction of sp³-hybridized carbons (Fsp3) is 0.231. The lowest BCUT2D eigenvalue weighted by atomic mass is 10.1. The lowest BCUT2D eigenvalue weighted by molar-refractivity contribution is -0.141. The van der Waals surface area contributed by atoms with Crippen molar-refractivity contribution in [3.63, 3.8) is 0 Å². The van der Waals surface area contributed by atoms with Gasteiger partial charge in [-0.25, -0.2) is 4.79 Å². The number of rotatable bonds is 4. The van der Waals surface area contributed by atoms with Gasteiger partial charge in [0.2, 0.25) is 0 Å². The van der Waals surface area contributed by atoms with E-state index in [1.165, 1.54) is 4.57 Å². The van der Waals surface area contributed by atoms with Crippen molar-refractivity contribution < 1.29 is 9.90 Å². The molecule has 0 bridgehead atoms. The van der Waals surface area contributed by atoms with Crippen molar-refractivity contribution in [3.8, 4) is 11.3 Å². The predicted octanol–water partition coefficient (Wildman–Crippen LogP) is 2.19. The van der Waals surface area contributed by atoms with Gasteiger partial charge >= 0.3 is 10.8 Å². The molecule has 2 rings (SSSR count). The zero-order chi connectivity index (χ0) is 14.0. The fourth-order valence-corrected chi connectivity index (χ4v) is 2.74. The number of nitrogens with two attached hydrogens (primary N) is 1. The average Bonchev–Trinajstić information content (AvgIpc) is 2.74. The molecule has 1 unspecified atom stereocenters. The third kappa shape index (κ3) is 2.53. The topological polar surface area (TPSA) is 85.3 Å². The number of benzene rings is 1. The van der Waals surface area contributed by atoms with Crippen LogP contribution in [0.15, 0.2) is 34.4 Å². The molecule has 0 aliphatic heterocycles. The summed E-state index contributed by atoms with van der Waals surface area (Å²) in [6.07, 6.45) is 0.355. The van der Waals surface area contributed by atoms with Crippen molar-refractivity contribution in [2.45, 2.75) is 19.4 Å². The van der Waals surface area contributed by atoms with Crippen LogP contribution in [0, 0.1) is 0 Å². The molecule has 1 atom stereocenters. The van der Waals surface area contributed by atoms with Gasteiger partial charge in [0.1, 0.15) is 6.04 Å². The summed E-state index contributed by atoms with van der Waals surface area (Å²) in [5.74, 6) is -1.00. The zero-order valence-corrected chi connectivity index (χ0v) is 11.2. The molecule has 5 nitrogen and oxygen atoms in total. The molecule has 3 N–H and O–H groups in total. The van der Waals surface area contributed by atoms with Crippen LogP contribution in [-0.2, 0) is 4.79 Å². The van der Waals surface area contributed by atoms with E-state index in [2.05, 4.69) is 0 Å². The molecular formula is C13H14N2O3S. The smallest absolute Gasteiger partial charge is 0.326 e. The molecule has 0 saturated heterocycles. The fourth-order valence-electron chi connectivity index (χ4n) is 1.94. The van der Waals surface area contributed by atoms with Crippen LogP contribution in [0.25, 0.3) is 11.3 Å². The van der Waals surface area contributed by atoms with E-state index in [0.29, 0.717) is 17.8 Å². The van der Waals surface area contributed by atoms with Gasteiger partial charge in [-0.2, -0.15) is 0 Å². The second kappa shape index (κ2) is 5.27. The van der Waals surface area contributed by atoms with Gasteiger partial charge in [0.15, 0.2) is 0 Å². The highest BCUT2D eigenvalue weighted by atomic mass is 32.1. The lowest BCUT2D eigenvalue weighted by Gasteiger charge is -2.14. The number of anilines is 1. The van der Waals surface area contributed by atoms with E-state index in [0.717, 1.165) is 16.9 Å². The van der Waals surface area contributed by atoms with Gasteiger partial charge in [-0.05, 0) is 24.1 Å². The molecule has 0 saturated carbocycles. The maximum absolute atomic E-state index is 11.9. The van der Waals surface area contributed by atoms with Crippen LogP contribution in [0.3, 0.4) is 0 Å². The Kier molecular flexibility index (Phi) is 3.71. The monoisotopic (exact) mass is 278 g/mol. The van der Waals surface area contributed by atoms with Crippen molar-refractivity contribution in [1.82, 2.24) is 4.57 Å². The van der Waals surface area contributed by atoms with Gasteiger partial charge in [0.05, 0.1) is 5.69 Å². The molecule has 100 valence electrons. The first-order valence-electron chi connectivity index (χ1n) is 5.83. The number of carboxylic acids is 1. The molecular weight excluding hydrogens is 264 g/mol. The number of hydrogen-bond donors (Lipinski definition) is 2. The second-order valence-corrected chi connectivity index (χ2v) is 4.96. The van der Waals surface area contributed by atoms with Gasteiger partial charge in [0.25, 0.3) is 0 Å². The highest BCUT2D eigenvalue weighted by Crippen LogP contribution is 2.25. The number of aliphatic carboxylic acids is 1. The van der Waals surface area contributed by atoms with Crippen molar-refractivity contribution in [2.75, 3.05) is 5.73 Å². The number of nitrogens with zero attached hydrogens (tertiary/aromatic N) is 1. The van der Waals surface area contributed by atoms with Crippen LogP contribution < -0.4 is 10.6 Å². The Hall–Kier alpha value is -2.08. The second-order valence-electron chi connectivity index (χ2n) is 4.14. The lowest BCUT2D eigenvalue weighted by Crippen LogP contribution is -2.26. The molecule has 1 aromatic carbocycles. The molecule has 19 heavy (non-hydrogen) atoms. The number of carbonyl (C=O) groups is 1. The number of thiazole rings is 1. The van der Waals surface area contributed by atoms with Gasteiger partial charge in [-0.15, -0.1) is 0 Å². The van der Waals surface area contributed by atoms with Crippen molar-refractivity contribution >= 4 is 23.0 Å². The minimum Gasteiger partial charge on any atom is -0.480 e. The van der Waals surface area contributed by atoms with E-state index in [9.17, 15) is 14.7 Å². The summed E-state index contributed by atoms with van der Waals surface area (Å²) >= 11 is 1.00. The molecule has 1 heterocycles. The normalized spacial score (nSPS) is 12.3. The summed E-state index contributed by atoms with van der Waals surface area (Å²) in [7, 11) is 0. The Morgan fingerprint density at radius 2 is 2.05 bits per heavy atom. The average molecular weight is 278 g/mol. The predicted molar refractivity (Wildman–Crippen MR) is 75.4 cm³/mol. The summed E-state index contributed by atoms with van der Waals surface area (Å²) in [5.41, 5.74) is 7.64. The quantitative estimate of drug-likeness (QED) is 0.839. The largest absolute Gasteiger partial charge is 0.480 e. The molecule has 0 aliphatic rings. The zero-order valence-electron chi connectivity index (χ0n) is 10.4. The number of aromatic nitrogens is 1. The van der Waals surface area contributed by atoms with Crippen molar-refractivity contribution in [3.05, 3.63) is 39.3 Å². The molecule has 0 radical (unpaired) electrons. The molecule has 0 fully saturated rings. The van der Waals surface area contributed by atoms with Gasteiger partial charge in [0, 0.05) is 11.1 Å². The first kappa shape index (κ1) is 13.4. The third-order valence-electron chi connectivity index (χ3n) is 2.92. The van der Waals surface area contributed by atoms with Gasteiger partial charge in [-0.1, -0.05) is 30.4 Å². The highest BCUT2D eigenvalue weighted by Gasteiger charge is 2.23. The first-order chi connectivity index (χ1) is 9.04. The summed E-state index contributed by atoms with van der Waals surface area (Å²) in [5, 5.41) is 10.9. The minimum atomic E-state index is -1.00. The van der Waals surface area contributed by atoms with Crippen LogP contribution in [0.2, 0.25) is 0 Å². The van der Waals surface area contributed by atoms with Gasteiger partial charge in [-0.3, -0.25) is 9.36 Å². The SMILES string of the molecule is CCC(C(=O)O)n1c(-c2ccc(N)cc2)csc1=O. The summed E-state index contributed by atoms with van der Waals surface area (Å²) < 4.78 is 1.33. The summed E-state index contributed by atoms with van der Waals surface area (Å²) in [6, 6.07) is 6.17. The Bertz CT molecular complexity index is 643. The Morgan fingerprint density at radius 1 is 1.42 bits per heavy atom. The molecule has 6 heteroatoms. The van der Waals surface area contributed by atoms with Crippen LogP contribution in [-0.4, -0.2) is 15.6 Å². The molecule has 1 aromatic heterocycles. The maximum atomic E-state index is 11.9. The van der Waals surface area contributed by atoms with E-state index in [1.54, 1.807) is 36.6 Å². The van der Waals surface area contributed by atoms with E-state index in [4.69, 9.17) is 5.73 Å². The third-order valence-corrected chi connectivity index (χ3v) is 3.66. The standard InChI is InChI=1S/C13H14N2O3S/c1-2-10(12(16)17)15-11(7-19-13(15)18)8-3-5-9(14)6-4-8/h3-7,10H,2,14H2,1H3,(H,16,17). The van der Waals surface area contributed by atoms with Crippen molar-refractivity contribution in [1.29, 1.82) is 0 Å². The maximum Gasteiger partial charge on any atom is 0.326 e. The summed E-state index contributed by atoms with van der Waals surface area (Å²) in [6.45, 7) is 1.75. The van der Waals surface area contributed by atoms with Gasteiger partial charge < -0.3 is 10.8 Å². The molecule has 0 aliphatic carbocycles. The van der Waals surface area contributed by atoms with Crippen LogP contribution >= 0.6 is 11.3 Å². The van der Waals surface area contributed by atoms with E-state index in [-0.39, 0.29) is 4.87 Å². The molecule has 0 amide bonds. The first-order valence-corrected chi connectivity index (χ1v) is 6.71. The van der Waals surface area contributed by atoms with Crippen LogP contribution in [0.4, 0.5) is 5.69 Å². The number of nitrogen functional groups attached to an aromatic ring is 1. The number of carboxylic acid groups (broad SMARTS) is 1. The Labute approximate surface area is 113 Å². The van der Waals surface area contributed by atoms with E-state index in [1.807, 2.05) is 0 Å². The highest BCUT2D eigenvalue weighted by molar-refractivity contribution is 7.07. The van der Waals surface area contributed by atoms with E-state index < -0.39 is 12.0 Å².